The van der Waals surface area contributed by atoms with Gasteiger partial charge in [0.15, 0.2) is 5.69 Å². The Hall–Kier alpha value is -5.46. The molecule has 0 radical (unpaired) electrons. The molecule has 3 rings (SSSR count). The Morgan fingerprint density at radius 3 is 1.98 bits per heavy atom. The van der Waals surface area contributed by atoms with E-state index in [0.29, 0.717) is 5.56 Å². The number of nitrogens with one attached hydrogen (secondary N) is 1. The number of carbonyl (C=O) groups excluding carboxylic acids is 2. The van der Waals surface area contributed by atoms with Crippen LogP contribution in [0.1, 0.15) is 77.8 Å². The molecule has 2 aromatic heterocycles. The smallest absolute Gasteiger partial charge is 0.426 e. The van der Waals surface area contributed by atoms with Crippen molar-refractivity contribution in [2.75, 3.05) is 10.2 Å². The largest absolute Gasteiger partial charge is 0.480 e. The Bertz CT molecular complexity index is 1820. The van der Waals surface area contributed by atoms with Crippen LogP contribution < -0.4 is 10.2 Å². The van der Waals surface area contributed by atoms with Crippen molar-refractivity contribution in [3.63, 3.8) is 0 Å². The highest BCUT2D eigenvalue weighted by molar-refractivity contribution is 6.11. The summed E-state index contributed by atoms with van der Waals surface area (Å²) in [5.74, 6) is -5.07. The van der Waals surface area contributed by atoms with Crippen molar-refractivity contribution in [1.29, 1.82) is 0 Å². The number of anilines is 2. The van der Waals surface area contributed by atoms with Crippen LogP contribution in [-0.4, -0.2) is 61.9 Å². The van der Waals surface area contributed by atoms with Gasteiger partial charge in [-0.1, -0.05) is 42.5 Å². The maximum Gasteiger partial charge on any atom is 0.426 e. The average molecular weight is 786 g/mol. The van der Waals surface area contributed by atoms with Gasteiger partial charge in [-0.25, -0.2) is 19.4 Å². The molecule has 0 fully saturated rings. The number of aromatic nitrogens is 3. The normalized spacial score (nSPS) is 14.0. The lowest BCUT2D eigenvalue weighted by Crippen LogP contribution is -2.45. The molecule has 0 aliphatic heterocycles. The first-order valence-corrected chi connectivity index (χ1v) is 16.5. The second-order valence-electron chi connectivity index (χ2n) is 13.9. The van der Waals surface area contributed by atoms with E-state index in [-0.39, 0.29) is 17.4 Å². The maximum absolute atomic E-state index is 15.1. The summed E-state index contributed by atoms with van der Waals surface area (Å²) >= 11 is 0. The number of allylic oxidation sites excluding steroid dienone is 1. The van der Waals surface area contributed by atoms with E-state index in [2.05, 4.69) is 33.7 Å². The Labute approximate surface area is 312 Å². The highest BCUT2D eigenvalue weighted by Gasteiger charge is 2.61. The van der Waals surface area contributed by atoms with E-state index < -0.39 is 107 Å². The van der Waals surface area contributed by atoms with Crippen molar-refractivity contribution in [1.82, 2.24) is 15.2 Å². The summed E-state index contributed by atoms with van der Waals surface area (Å²) in [5.41, 5.74) is -9.48. The van der Waals surface area contributed by atoms with Crippen LogP contribution in [0.3, 0.4) is 0 Å². The molecule has 2 heterocycles. The van der Waals surface area contributed by atoms with E-state index in [0.717, 1.165) is 6.08 Å². The number of benzene rings is 1. The summed E-state index contributed by atoms with van der Waals surface area (Å²) in [7, 11) is 0. The molecular weight excluding hydrogens is 744 g/mol. The number of imide groups is 1. The molecule has 1 unspecified atom stereocenters. The standard InChI is InChI=1S/C36H41F6N5O8/c1-9-11-18-34(36(40,41)42,52-20-21-16-13-12-14-17-21)29-46-45-27(53-29)25-24(47(30(50)54-32(3,4)5)31(51)55-33(6,7)8)19-22(35(37,38)39)26(44-25)43-23(15-10-2)28(48)49/h9-10,12-14,16-17,19,23H,1-2,11,15,18,20H2,3-8H3,(H,43,44)(H,48,49)/t23?,34-/m1/s1. The molecule has 19 heteroatoms. The van der Waals surface area contributed by atoms with Crippen LogP contribution in [0.15, 0.2) is 66.1 Å². The Morgan fingerprint density at radius 1 is 0.927 bits per heavy atom. The van der Waals surface area contributed by atoms with Crippen molar-refractivity contribution in [3.8, 4) is 11.6 Å². The van der Waals surface area contributed by atoms with E-state index in [9.17, 15) is 32.7 Å². The summed E-state index contributed by atoms with van der Waals surface area (Å²) in [6.07, 6.45) is -13.1. The summed E-state index contributed by atoms with van der Waals surface area (Å²) in [6.45, 7) is 14.6. The number of ether oxygens (including phenoxy) is 3. The zero-order valence-corrected chi connectivity index (χ0v) is 30.8. The third-order valence-electron chi connectivity index (χ3n) is 7.17. The number of nitrogens with zero attached hydrogens (tertiary/aromatic N) is 4. The molecule has 0 aliphatic carbocycles. The third-order valence-corrected chi connectivity index (χ3v) is 7.17. The number of hydrogen-bond acceptors (Lipinski definition) is 11. The Balaban J connectivity index is 2.46. The summed E-state index contributed by atoms with van der Waals surface area (Å²) in [4.78, 5) is 43.2. The quantitative estimate of drug-likeness (QED) is 0.118. The number of carboxylic acids is 1. The fourth-order valence-electron chi connectivity index (χ4n) is 4.75. The van der Waals surface area contributed by atoms with Gasteiger partial charge in [-0.2, -0.15) is 31.2 Å². The van der Waals surface area contributed by atoms with Gasteiger partial charge in [0.2, 0.25) is 5.60 Å². The minimum atomic E-state index is -5.35. The van der Waals surface area contributed by atoms with Crippen LogP contribution in [0.5, 0.6) is 0 Å². The van der Waals surface area contributed by atoms with Gasteiger partial charge in [-0.15, -0.1) is 23.4 Å². The zero-order valence-electron chi connectivity index (χ0n) is 30.8. The minimum Gasteiger partial charge on any atom is -0.480 e. The molecular formula is C36H41F6N5O8. The monoisotopic (exact) mass is 785 g/mol. The van der Waals surface area contributed by atoms with Crippen LogP contribution >= 0.6 is 0 Å². The van der Waals surface area contributed by atoms with Gasteiger partial charge in [0.1, 0.15) is 23.1 Å². The molecule has 0 saturated heterocycles. The number of alkyl halides is 6. The SMILES string of the molecule is C=CCC[C@@](OCc1ccccc1)(c1nnc(-c2nc(NC(CC=C)C(=O)O)c(C(F)(F)F)cc2N(C(=O)OC(C)(C)C)C(=O)OC(C)(C)C)o1)C(F)(F)F. The summed E-state index contributed by atoms with van der Waals surface area (Å²) < 4.78 is 111. The molecule has 2 amide bonds. The summed E-state index contributed by atoms with van der Waals surface area (Å²) in [5, 5.41) is 19.1. The number of rotatable bonds is 14. The lowest BCUT2D eigenvalue weighted by atomic mass is 9.96. The van der Waals surface area contributed by atoms with Crippen LogP contribution in [0, 0.1) is 0 Å². The van der Waals surface area contributed by atoms with Crippen molar-refractivity contribution in [3.05, 3.63) is 78.7 Å². The van der Waals surface area contributed by atoms with Crippen LogP contribution in [0.2, 0.25) is 0 Å². The van der Waals surface area contributed by atoms with E-state index >= 15 is 13.2 Å². The number of carboxylic acid groups (broad SMARTS) is 1. The molecule has 13 nitrogen and oxygen atoms in total. The van der Waals surface area contributed by atoms with Gasteiger partial charge < -0.3 is 29.1 Å². The first-order valence-electron chi connectivity index (χ1n) is 16.5. The predicted octanol–water partition coefficient (Wildman–Crippen LogP) is 9.21. The third kappa shape index (κ3) is 11.3. The second-order valence-corrected chi connectivity index (χ2v) is 13.9. The van der Waals surface area contributed by atoms with Crippen molar-refractivity contribution >= 4 is 29.7 Å². The summed E-state index contributed by atoms with van der Waals surface area (Å²) in [6, 6.07) is 6.22. The lowest BCUT2D eigenvalue weighted by Gasteiger charge is -2.32. The topological polar surface area (TPSA) is 166 Å². The van der Waals surface area contributed by atoms with Crippen LogP contribution in [0.4, 0.5) is 47.4 Å². The Morgan fingerprint density at radius 2 is 1.51 bits per heavy atom. The minimum absolute atomic E-state index is 0.0285. The van der Waals surface area contributed by atoms with Gasteiger partial charge in [0, 0.05) is 0 Å². The molecule has 0 bridgehead atoms. The van der Waals surface area contributed by atoms with Crippen LogP contribution in [0.25, 0.3) is 11.6 Å². The number of halogens is 6. The first kappa shape index (κ1) is 43.9. The van der Waals surface area contributed by atoms with Crippen molar-refractivity contribution in [2.24, 2.45) is 0 Å². The van der Waals surface area contributed by atoms with Gasteiger partial charge in [-0.05, 0) is 72.4 Å². The highest BCUT2D eigenvalue weighted by atomic mass is 19.4. The molecule has 300 valence electrons. The Kier molecular flexibility index (Phi) is 13.5. The number of pyridine rings is 1. The zero-order chi connectivity index (χ0) is 41.6. The lowest BCUT2D eigenvalue weighted by molar-refractivity contribution is -0.299. The van der Waals surface area contributed by atoms with Gasteiger partial charge in [-0.3, -0.25) is 0 Å². The number of hydrogen-bond donors (Lipinski definition) is 2. The fraction of sp³-hybridized carbons (Fsp3) is 0.444. The van der Waals surface area contributed by atoms with E-state index in [1.54, 1.807) is 18.2 Å². The molecule has 2 atom stereocenters. The first-order chi connectivity index (χ1) is 25.3. The average Bonchev–Trinajstić information content (AvgIpc) is 3.53. The van der Waals surface area contributed by atoms with Gasteiger partial charge in [0.25, 0.3) is 11.8 Å². The second kappa shape index (κ2) is 16.9. The highest BCUT2D eigenvalue weighted by Crippen LogP contribution is 2.47. The van der Waals surface area contributed by atoms with Gasteiger partial charge >= 0.3 is 30.5 Å². The molecule has 0 saturated carbocycles. The number of aliphatic carboxylic acids is 1. The molecule has 1 aromatic carbocycles. The van der Waals surface area contributed by atoms with E-state index in [1.807, 2.05) is 0 Å². The van der Waals surface area contributed by atoms with Crippen molar-refractivity contribution in [2.45, 2.75) is 103 Å². The molecule has 0 spiro atoms. The van der Waals surface area contributed by atoms with E-state index in [1.165, 1.54) is 59.8 Å². The molecule has 2 N–H and O–H groups in total. The predicted molar refractivity (Wildman–Crippen MR) is 186 cm³/mol. The number of amides is 2. The number of carbonyl (C=O) groups is 3. The maximum atomic E-state index is 15.1. The van der Waals surface area contributed by atoms with Gasteiger partial charge in [0.05, 0.1) is 17.9 Å². The molecule has 55 heavy (non-hydrogen) atoms. The molecule has 0 aliphatic rings. The van der Waals surface area contributed by atoms with Crippen LogP contribution in [-0.2, 0) is 37.4 Å². The molecule has 3 aromatic rings. The fourth-order valence-corrected chi connectivity index (χ4v) is 4.75. The van der Waals surface area contributed by atoms with Crippen molar-refractivity contribution < 1.29 is 64.5 Å². The van der Waals surface area contributed by atoms with E-state index in [4.69, 9.17) is 18.6 Å².